The smallest absolute Gasteiger partial charge is 0.325 e. The molecule has 19 heavy (non-hydrogen) atoms. The Labute approximate surface area is 107 Å². The highest BCUT2D eigenvalue weighted by atomic mass is 16.4. The number of hydrogen-bond acceptors (Lipinski definition) is 7. The van der Waals surface area contributed by atoms with Crippen LogP contribution in [0, 0.1) is 6.92 Å². The molecule has 0 unspecified atom stereocenters. The van der Waals surface area contributed by atoms with Crippen molar-refractivity contribution in [1.29, 1.82) is 0 Å². The summed E-state index contributed by atoms with van der Waals surface area (Å²) in [6.45, 7) is 0.931. The van der Waals surface area contributed by atoms with Gasteiger partial charge < -0.3 is 30.2 Å². The van der Waals surface area contributed by atoms with Crippen LogP contribution < -0.4 is 11.2 Å². The minimum absolute atomic E-state index is 0.0869. The second-order valence-electron chi connectivity index (χ2n) is 3.62. The normalized spacial score (nSPS) is 14.8. The number of aldehydes is 1. The highest BCUT2D eigenvalue weighted by Gasteiger charge is 2.22. The molecule has 0 aliphatic rings. The number of aliphatic hydroxyl groups is 4. The molecular formula is C10H16N2O7. The third kappa shape index (κ3) is 6.06. The van der Waals surface area contributed by atoms with Gasteiger partial charge in [-0.25, -0.2) is 4.79 Å². The largest absolute Gasteiger partial charge is 0.394 e. The molecule has 0 aliphatic heterocycles. The van der Waals surface area contributed by atoms with Crippen LogP contribution in [0.2, 0.25) is 0 Å². The number of rotatable bonds is 4. The van der Waals surface area contributed by atoms with Crippen molar-refractivity contribution >= 4 is 6.29 Å². The average molecular weight is 276 g/mol. The predicted molar refractivity (Wildman–Crippen MR) is 63.6 cm³/mol. The zero-order valence-corrected chi connectivity index (χ0v) is 10.1. The number of carbonyl (C=O) groups is 1. The van der Waals surface area contributed by atoms with Gasteiger partial charge >= 0.3 is 5.69 Å². The second-order valence-corrected chi connectivity index (χ2v) is 3.62. The Kier molecular flexibility index (Phi) is 7.53. The summed E-state index contributed by atoms with van der Waals surface area (Å²) in [4.78, 5) is 35.1. The molecule has 0 saturated carbocycles. The second kappa shape index (κ2) is 8.32. The van der Waals surface area contributed by atoms with Gasteiger partial charge in [0, 0.05) is 11.8 Å². The molecule has 3 atom stereocenters. The number of hydrogen-bond donors (Lipinski definition) is 6. The standard InChI is InChI=1S/C5H6N2O2.C5H10O5/c1-3-2-6-5(9)7-4(3)8;6-1-3(8)5(10)4(9)2-7/h2H,1H3,(H2,6,7,8,9);1,3-5,7-10H,2H2/t;3-,4+,5-/m.0/s1. The minimum Gasteiger partial charge on any atom is -0.394 e. The van der Waals surface area contributed by atoms with Crippen LogP contribution in [0.4, 0.5) is 0 Å². The van der Waals surface area contributed by atoms with Crippen molar-refractivity contribution in [1.82, 2.24) is 9.97 Å². The third-order valence-electron chi connectivity index (χ3n) is 2.08. The monoisotopic (exact) mass is 276 g/mol. The van der Waals surface area contributed by atoms with Crippen LogP contribution in [0.5, 0.6) is 0 Å². The van der Waals surface area contributed by atoms with E-state index in [1.165, 1.54) is 6.20 Å². The first-order chi connectivity index (χ1) is 8.83. The summed E-state index contributed by atoms with van der Waals surface area (Å²) in [6.07, 6.45) is -3.25. The molecule has 0 radical (unpaired) electrons. The lowest BCUT2D eigenvalue weighted by molar-refractivity contribution is -0.127. The van der Waals surface area contributed by atoms with Crippen LogP contribution >= 0.6 is 0 Å². The lowest BCUT2D eigenvalue weighted by Crippen LogP contribution is -2.40. The lowest BCUT2D eigenvalue weighted by Gasteiger charge is -2.16. The molecule has 1 aromatic rings. The van der Waals surface area contributed by atoms with E-state index in [1.54, 1.807) is 6.92 Å². The summed E-state index contributed by atoms with van der Waals surface area (Å²) in [6, 6.07) is 0. The Hall–Kier alpha value is -1.81. The molecular weight excluding hydrogens is 260 g/mol. The van der Waals surface area contributed by atoms with Crippen LogP contribution in [0.15, 0.2) is 15.8 Å². The highest BCUT2D eigenvalue weighted by molar-refractivity contribution is 5.56. The molecule has 0 aromatic carbocycles. The zero-order chi connectivity index (χ0) is 15.0. The Bertz CT molecular complexity index is 495. The summed E-state index contributed by atoms with van der Waals surface area (Å²) in [5.74, 6) is 0. The first kappa shape index (κ1) is 17.2. The summed E-state index contributed by atoms with van der Waals surface area (Å²) in [5.41, 5.74) is -0.293. The molecule has 0 amide bonds. The number of H-pyrrole nitrogens is 2. The zero-order valence-electron chi connectivity index (χ0n) is 10.1. The number of aryl methyl sites for hydroxylation is 1. The quantitative estimate of drug-likeness (QED) is 0.312. The van der Waals surface area contributed by atoms with E-state index in [1.807, 2.05) is 0 Å². The molecule has 0 aliphatic carbocycles. The summed E-state index contributed by atoms with van der Waals surface area (Å²) >= 11 is 0. The molecule has 108 valence electrons. The van der Waals surface area contributed by atoms with E-state index in [9.17, 15) is 14.4 Å². The SMILES string of the molecule is Cc1c[nH]c(=O)[nH]c1=O.O=C[C@H](O)[C@H](O)[C@H](O)CO. The lowest BCUT2D eigenvalue weighted by atomic mass is 10.1. The fraction of sp³-hybridized carbons (Fsp3) is 0.500. The maximum Gasteiger partial charge on any atom is 0.325 e. The van der Waals surface area contributed by atoms with Crippen LogP contribution in [0.3, 0.4) is 0 Å². The molecule has 0 fully saturated rings. The van der Waals surface area contributed by atoms with Gasteiger partial charge in [0.2, 0.25) is 0 Å². The van der Waals surface area contributed by atoms with Crippen LogP contribution in [0.1, 0.15) is 5.56 Å². The van der Waals surface area contributed by atoms with E-state index in [0.29, 0.717) is 5.56 Å². The molecule has 0 saturated heterocycles. The van der Waals surface area contributed by atoms with E-state index in [-0.39, 0.29) is 11.8 Å². The fourth-order valence-electron chi connectivity index (χ4n) is 0.893. The Morgan fingerprint density at radius 1 is 1.32 bits per heavy atom. The number of nitrogens with one attached hydrogen (secondary N) is 2. The Morgan fingerprint density at radius 3 is 2.26 bits per heavy atom. The average Bonchev–Trinajstić information content (AvgIpc) is 2.41. The van der Waals surface area contributed by atoms with Crippen molar-refractivity contribution in [3.05, 3.63) is 32.6 Å². The van der Waals surface area contributed by atoms with Gasteiger partial charge in [-0.2, -0.15) is 0 Å². The number of aliphatic hydroxyl groups excluding tert-OH is 4. The summed E-state index contributed by atoms with van der Waals surface area (Å²) in [7, 11) is 0. The van der Waals surface area contributed by atoms with Crippen molar-refractivity contribution in [2.24, 2.45) is 0 Å². The van der Waals surface area contributed by atoms with Crippen molar-refractivity contribution in [3.8, 4) is 0 Å². The predicted octanol–water partition coefficient (Wildman–Crippen LogP) is -3.37. The minimum atomic E-state index is -1.64. The van der Waals surface area contributed by atoms with E-state index in [0.717, 1.165) is 0 Å². The number of aromatic amines is 2. The van der Waals surface area contributed by atoms with Gasteiger partial charge in [0.15, 0.2) is 6.29 Å². The molecule has 0 spiro atoms. The van der Waals surface area contributed by atoms with E-state index in [4.69, 9.17) is 20.4 Å². The number of aromatic nitrogens is 2. The van der Waals surface area contributed by atoms with Gasteiger partial charge in [0.05, 0.1) is 6.61 Å². The number of carbonyl (C=O) groups excluding carboxylic acids is 1. The van der Waals surface area contributed by atoms with Gasteiger partial charge in [-0.05, 0) is 6.92 Å². The van der Waals surface area contributed by atoms with Crippen LogP contribution in [-0.4, -0.2) is 61.6 Å². The molecule has 9 heteroatoms. The van der Waals surface area contributed by atoms with E-state index >= 15 is 0 Å². The van der Waals surface area contributed by atoms with E-state index in [2.05, 4.69) is 9.97 Å². The van der Waals surface area contributed by atoms with Crippen LogP contribution in [0.25, 0.3) is 0 Å². The van der Waals surface area contributed by atoms with Gasteiger partial charge in [0.1, 0.15) is 18.3 Å². The molecule has 1 rings (SSSR count). The first-order valence-corrected chi connectivity index (χ1v) is 5.22. The Morgan fingerprint density at radius 2 is 1.89 bits per heavy atom. The van der Waals surface area contributed by atoms with Gasteiger partial charge in [-0.15, -0.1) is 0 Å². The molecule has 1 aromatic heterocycles. The maximum atomic E-state index is 10.6. The van der Waals surface area contributed by atoms with Gasteiger partial charge in [-0.3, -0.25) is 9.78 Å². The van der Waals surface area contributed by atoms with Crippen LogP contribution in [-0.2, 0) is 4.79 Å². The molecule has 9 nitrogen and oxygen atoms in total. The van der Waals surface area contributed by atoms with Crippen molar-refractivity contribution in [2.75, 3.05) is 6.61 Å². The van der Waals surface area contributed by atoms with E-state index < -0.39 is 30.6 Å². The summed E-state index contributed by atoms with van der Waals surface area (Å²) < 4.78 is 0. The topological polar surface area (TPSA) is 164 Å². The molecule has 0 bridgehead atoms. The maximum absolute atomic E-state index is 10.6. The molecule has 6 N–H and O–H groups in total. The first-order valence-electron chi connectivity index (χ1n) is 5.22. The van der Waals surface area contributed by atoms with Crippen molar-refractivity contribution in [3.63, 3.8) is 0 Å². The van der Waals surface area contributed by atoms with Gasteiger partial charge in [-0.1, -0.05) is 0 Å². The van der Waals surface area contributed by atoms with Gasteiger partial charge in [0.25, 0.3) is 5.56 Å². The van der Waals surface area contributed by atoms with Crippen molar-refractivity contribution in [2.45, 2.75) is 25.2 Å². The fourth-order valence-corrected chi connectivity index (χ4v) is 0.893. The highest BCUT2D eigenvalue weighted by Crippen LogP contribution is 1.96. The summed E-state index contributed by atoms with van der Waals surface area (Å²) in [5, 5.41) is 34.1. The Balaban J connectivity index is 0.000000342. The molecule has 1 heterocycles. The third-order valence-corrected chi connectivity index (χ3v) is 2.08. The van der Waals surface area contributed by atoms with Crippen molar-refractivity contribution < 1.29 is 25.2 Å².